The molecule has 7 heteroatoms. The maximum Gasteiger partial charge on any atom is 0.344 e. The van der Waals surface area contributed by atoms with Crippen LogP contribution in [0.25, 0.3) is 0 Å². The molecule has 0 aromatic carbocycles. The van der Waals surface area contributed by atoms with E-state index in [9.17, 15) is 4.79 Å². The molecule has 0 spiro atoms. The zero-order chi connectivity index (χ0) is 10.8. The number of H-pyrrole nitrogens is 1. The first kappa shape index (κ1) is 10.3. The van der Waals surface area contributed by atoms with Crippen LogP contribution in [0.15, 0.2) is 9.95 Å². The van der Waals surface area contributed by atoms with Crippen LogP contribution >= 0.6 is 11.8 Å². The third-order valence-electron chi connectivity index (χ3n) is 2.19. The summed E-state index contributed by atoms with van der Waals surface area (Å²) >= 11 is 1.46. The zero-order valence-electron chi connectivity index (χ0n) is 8.19. The molecule has 1 aliphatic carbocycles. The van der Waals surface area contributed by atoms with Crippen LogP contribution in [0, 0.1) is 5.41 Å². The Labute approximate surface area is 90.8 Å². The van der Waals surface area contributed by atoms with Gasteiger partial charge in [-0.3, -0.25) is 9.98 Å². The number of amidine groups is 1. The molecule has 6 nitrogen and oxygen atoms in total. The molecule has 1 saturated carbocycles. The van der Waals surface area contributed by atoms with Gasteiger partial charge >= 0.3 is 5.69 Å². The van der Waals surface area contributed by atoms with Gasteiger partial charge in [0.05, 0.1) is 5.84 Å². The molecular formula is C8H13N5OS. The highest BCUT2D eigenvalue weighted by Gasteiger charge is 2.28. The van der Waals surface area contributed by atoms with Crippen molar-refractivity contribution in [3.8, 4) is 0 Å². The predicted molar refractivity (Wildman–Crippen MR) is 58.4 cm³/mol. The van der Waals surface area contributed by atoms with E-state index in [0.29, 0.717) is 23.4 Å². The first-order valence-corrected chi connectivity index (χ1v) is 5.79. The second kappa shape index (κ2) is 4.09. The topological polar surface area (TPSA) is 101 Å². The van der Waals surface area contributed by atoms with Gasteiger partial charge in [0.25, 0.3) is 0 Å². The molecule has 0 radical (unpaired) electrons. The quantitative estimate of drug-likeness (QED) is 0.383. The molecule has 1 aromatic heterocycles. The first-order chi connectivity index (χ1) is 7.18. The van der Waals surface area contributed by atoms with Crippen LogP contribution in [-0.4, -0.2) is 26.4 Å². The van der Waals surface area contributed by atoms with Crippen molar-refractivity contribution in [2.75, 3.05) is 5.75 Å². The average molecular weight is 227 g/mol. The number of nitrogens with one attached hydrogen (secondary N) is 2. The summed E-state index contributed by atoms with van der Waals surface area (Å²) in [4.78, 5) is 11.4. The molecule has 0 unspecified atom stereocenters. The first-order valence-electron chi connectivity index (χ1n) is 4.81. The molecule has 0 amide bonds. The van der Waals surface area contributed by atoms with Gasteiger partial charge in [-0.25, -0.2) is 9.89 Å². The van der Waals surface area contributed by atoms with E-state index in [4.69, 9.17) is 11.1 Å². The van der Waals surface area contributed by atoms with Crippen LogP contribution in [0.2, 0.25) is 0 Å². The number of aromatic nitrogens is 3. The van der Waals surface area contributed by atoms with E-state index in [2.05, 4.69) is 10.2 Å². The smallest absolute Gasteiger partial charge is 0.344 e. The van der Waals surface area contributed by atoms with E-state index < -0.39 is 0 Å². The van der Waals surface area contributed by atoms with Crippen LogP contribution in [0.4, 0.5) is 0 Å². The molecule has 1 heterocycles. The minimum atomic E-state index is -0.136. The van der Waals surface area contributed by atoms with Gasteiger partial charge in [0.15, 0.2) is 5.16 Å². The number of hydrogen-bond donors (Lipinski definition) is 3. The van der Waals surface area contributed by atoms with E-state index in [1.807, 2.05) is 0 Å². The van der Waals surface area contributed by atoms with Gasteiger partial charge in [0.2, 0.25) is 0 Å². The van der Waals surface area contributed by atoms with E-state index in [1.165, 1.54) is 11.8 Å². The van der Waals surface area contributed by atoms with Crippen molar-refractivity contribution >= 4 is 17.6 Å². The molecule has 1 fully saturated rings. The Morgan fingerprint density at radius 1 is 1.73 bits per heavy atom. The normalized spacial score (nSPS) is 15.5. The molecule has 1 aromatic rings. The highest BCUT2D eigenvalue weighted by Crippen LogP contribution is 2.35. The van der Waals surface area contributed by atoms with Gasteiger partial charge in [-0.2, -0.15) is 0 Å². The molecule has 0 aliphatic heterocycles. The third kappa shape index (κ3) is 2.41. The van der Waals surface area contributed by atoms with Crippen LogP contribution < -0.4 is 11.4 Å². The van der Waals surface area contributed by atoms with E-state index in [-0.39, 0.29) is 11.5 Å². The Bertz CT molecular complexity index is 419. The lowest BCUT2D eigenvalue weighted by Crippen LogP contribution is -2.16. The number of aromatic amines is 1. The lowest BCUT2D eigenvalue weighted by molar-refractivity contribution is 0.642. The Hall–Kier alpha value is -1.24. The maximum absolute atomic E-state index is 11.4. The summed E-state index contributed by atoms with van der Waals surface area (Å²) in [5.74, 6) is 0.852. The van der Waals surface area contributed by atoms with Crippen molar-refractivity contribution in [3.63, 3.8) is 0 Å². The fourth-order valence-corrected chi connectivity index (χ4v) is 2.28. The van der Waals surface area contributed by atoms with Gasteiger partial charge in [0, 0.05) is 18.2 Å². The van der Waals surface area contributed by atoms with Crippen molar-refractivity contribution in [1.29, 1.82) is 5.41 Å². The molecule has 15 heavy (non-hydrogen) atoms. The van der Waals surface area contributed by atoms with E-state index in [1.54, 1.807) is 4.57 Å². The molecule has 0 bridgehead atoms. The maximum atomic E-state index is 11.4. The summed E-state index contributed by atoms with van der Waals surface area (Å²) in [6, 6.07) is 0.330. The van der Waals surface area contributed by atoms with Gasteiger partial charge in [-0.05, 0) is 12.8 Å². The standard InChI is InChI=1S/C8H13N5OS/c9-6(10)3-4-15-8-12-11-7(14)13(8)5-1-2-5/h5H,1-4H2,(H3,9,10)(H,11,14). The highest BCUT2D eigenvalue weighted by atomic mass is 32.2. The fourth-order valence-electron chi connectivity index (χ4n) is 1.30. The number of nitrogens with zero attached hydrogens (tertiary/aromatic N) is 2. The molecule has 2 rings (SSSR count). The SMILES string of the molecule is N=C(N)CCSc1n[nH]c(=O)n1C1CC1. The lowest BCUT2D eigenvalue weighted by Gasteiger charge is -2.02. The summed E-state index contributed by atoms with van der Waals surface area (Å²) in [5.41, 5.74) is 5.11. The summed E-state index contributed by atoms with van der Waals surface area (Å²) < 4.78 is 1.70. The van der Waals surface area contributed by atoms with E-state index >= 15 is 0 Å². The minimum absolute atomic E-state index is 0.136. The van der Waals surface area contributed by atoms with Crippen LogP contribution in [0.1, 0.15) is 25.3 Å². The second-order valence-electron chi connectivity index (χ2n) is 3.54. The second-order valence-corrected chi connectivity index (χ2v) is 4.60. The largest absolute Gasteiger partial charge is 0.388 e. The van der Waals surface area contributed by atoms with Crippen LogP contribution in [-0.2, 0) is 0 Å². The molecule has 4 N–H and O–H groups in total. The molecule has 0 atom stereocenters. The van der Waals surface area contributed by atoms with Crippen molar-refractivity contribution in [3.05, 3.63) is 10.5 Å². The third-order valence-corrected chi connectivity index (χ3v) is 3.14. The monoisotopic (exact) mass is 227 g/mol. The average Bonchev–Trinajstić information content (AvgIpc) is 2.92. The van der Waals surface area contributed by atoms with Gasteiger partial charge in [-0.15, -0.1) is 5.10 Å². The van der Waals surface area contributed by atoms with Crippen molar-refractivity contribution < 1.29 is 0 Å². The number of nitrogens with two attached hydrogens (primary N) is 1. The number of hydrogen-bond acceptors (Lipinski definition) is 4. The summed E-state index contributed by atoms with van der Waals surface area (Å²) in [7, 11) is 0. The summed E-state index contributed by atoms with van der Waals surface area (Å²) in [5, 5.41) is 14.2. The van der Waals surface area contributed by atoms with Crippen molar-refractivity contribution in [1.82, 2.24) is 14.8 Å². The van der Waals surface area contributed by atoms with Gasteiger partial charge < -0.3 is 5.73 Å². The van der Waals surface area contributed by atoms with Crippen molar-refractivity contribution in [2.24, 2.45) is 5.73 Å². The Kier molecular flexibility index (Phi) is 2.81. The highest BCUT2D eigenvalue weighted by molar-refractivity contribution is 7.99. The van der Waals surface area contributed by atoms with Gasteiger partial charge in [-0.1, -0.05) is 11.8 Å². The fraction of sp³-hybridized carbons (Fsp3) is 0.625. The van der Waals surface area contributed by atoms with Crippen LogP contribution in [0.3, 0.4) is 0 Å². The molecule has 82 valence electrons. The van der Waals surface area contributed by atoms with Crippen LogP contribution in [0.5, 0.6) is 0 Å². The molecule has 0 saturated heterocycles. The molecule has 1 aliphatic rings. The Morgan fingerprint density at radius 2 is 2.47 bits per heavy atom. The van der Waals surface area contributed by atoms with E-state index in [0.717, 1.165) is 12.8 Å². The summed E-state index contributed by atoms with van der Waals surface area (Å²) in [6.45, 7) is 0. The lowest BCUT2D eigenvalue weighted by atomic mass is 10.5. The Balaban J connectivity index is 2.01. The van der Waals surface area contributed by atoms with Gasteiger partial charge in [0.1, 0.15) is 0 Å². The Morgan fingerprint density at radius 3 is 3.07 bits per heavy atom. The predicted octanol–water partition coefficient (Wildman–Crippen LogP) is 0.324. The number of rotatable bonds is 5. The number of thioether (sulfide) groups is 1. The summed E-state index contributed by atoms with van der Waals surface area (Å²) in [6.07, 6.45) is 2.63. The zero-order valence-corrected chi connectivity index (χ0v) is 9.01. The van der Waals surface area contributed by atoms with Crippen molar-refractivity contribution in [2.45, 2.75) is 30.5 Å². The minimum Gasteiger partial charge on any atom is -0.388 e. The molecular weight excluding hydrogens is 214 g/mol.